The maximum Gasteiger partial charge on any atom is 0.269 e. The van der Waals surface area contributed by atoms with E-state index in [1.165, 1.54) is 12.1 Å². The smallest absolute Gasteiger partial charge is 0.269 e. The second kappa shape index (κ2) is 5.41. The third-order valence-corrected chi connectivity index (χ3v) is 3.61. The minimum Gasteiger partial charge on any atom is -0.294 e. The Morgan fingerprint density at radius 3 is 2.40 bits per heavy atom. The maximum absolute atomic E-state index is 12.1. The number of non-ortho nitro benzene ring substituents is 1. The minimum atomic E-state index is -0.421. The largest absolute Gasteiger partial charge is 0.294 e. The molecule has 1 aliphatic rings. The Balaban J connectivity index is 2.29. The molecule has 0 N–H and O–H groups in total. The summed E-state index contributed by atoms with van der Waals surface area (Å²) in [6, 6.07) is 6.33. The Hall–Kier alpha value is -2.23. The topological polar surface area (TPSA) is 60.2 Å². The van der Waals surface area contributed by atoms with Crippen LogP contribution in [0.1, 0.15) is 32.8 Å². The van der Waals surface area contributed by atoms with Crippen LogP contribution in [0.2, 0.25) is 0 Å². The number of nitro groups is 1. The molecule has 4 nitrogen and oxygen atoms in total. The predicted molar refractivity (Wildman–Crippen MR) is 78.2 cm³/mol. The molecule has 0 saturated heterocycles. The Morgan fingerprint density at radius 1 is 1.35 bits per heavy atom. The van der Waals surface area contributed by atoms with Crippen molar-refractivity contribution in [3.05, 3.63) is 56.7 Å². The van der Waals surface area contributed by atoms with Crippen LogP contribution >= 0.6 is 0 Å². The number of Topliss-reactive ketones (excluding diaryl/α,β-unsaturated/α-hetero) is 1. The quantitative estimate of drug-likeness (QED) is 0.618. The number of benzene rings is 1. The van der Waals surface area contributed by atoms with E-state index in [-0.39, 0.29) is 17.4 Å². The summed E-state index contributed by atoms with van der Waals surface area (Å²) in [5.41, 5.74) is 3.79. The van der Waals surface area contributed by atoms with Crippen LogP contribution in [0.25, 0.3) is 6.08 Å². The molecule has 0 amide bonds. The van der Waals surface area contributed by atoms with Crippen molar-refractivity contribution in [2.24, 2.45) is 5.92 Å². The van der Waals surface area contributed by atoms with Crippen LogP contribution in [-0.4, -0.2) is 10.7 Å². The summed E-state index contributed by atoms with van der Waals surface area (Å²) >= 11 is 0. The molecule has 0 radical (unpaired) electrons. The van der Waals surface area contributed by atoms with Crippen molar-refractivity contribution >= 4 is 17.5 Å². The SMILES string of the molecule is CC1=C(/C(C)=C/c2ccc([N+](=O)[O-])cc2)C(=O)[C@H](C)C1. The number of hydrogen-bond acceptors (Lipinski definition) is 3. The lowest BCUT2D eigenvalue weighted by Gasteiger charge is -2.05. The Morgan fingerprint density at radius 2 is 1.95 bits per heavy atom. The summed E-state index contributed by atoms with van der Waals surface area (Å²) in [5.74, 6) is 0.253. The molecule has 0 aliphatic heterocycles. The van der Waals surface area contributed by atoms with Crippen molar-refractivity contribution in [1.82, 2.24) is 0 Å². The van der Waals surface area contributed by atoms with Crippen LogP contribution in [0.3, 0.4) is 0 Å². The van der Waals surface area contributed by atoms with Crippen LogP contribution in [-0.2, 0) is 4.79 Å². The van der Waals surface area contributed by atoms with E-state index in [0.717, 1.165) is 28.7 Å². The number of nitro benzene ring substituents is 1. The molecule has 0 unspecified atom stereocenters. The first-order chi connectivity index (χ1) is 9.40. The first-order valence-electron chi connectivity index (χ1n) is 6.57. The fourth-order valence-electron chi connectivity index (χ4n) is 2.66. The molecule has 0 saturated carbocycles. The van der Waals surface area contributed by atoms with Gasteiger partial charge in [0.05, 0.1) is 4.92 Å². The van der Waals surface area contributed by atoms with Crippen molar-refractivity contribution in [3.8, 4) is 0 Å². The van der Waals surface area contributed by atoms with Gasteiger partial charge >= 0.3 is 0 Å². The predicted octanol–water partition coefficient (Wildman–Crippen LogP) is 3.92. The van der Waals surface area contributed by atoms with Gasteiger partial charge in [-0.05, 0) is 43.5 Å². The van der Waals surface area contributed by atoms with Gasteiger partial charge in [0.25, 0.3) is 5.69 Å². The molecule has 0 bridgehead atoms. The number of carbonyl (C=O) groups excluding carboxylic acids is 1. The lowest BCUT2D eigenvalue weighted by Crippen LogP contribution is -2.06. The van der Waals surface area contributed by atoms with Crippen LogP contribution in [0.5, 0.6) is 0 Å². The highest BCUT2D eigenvalue weighted by Crippen LogP contribution is 2.32. The van der Waals surface area contributed by atoms with Crippen LogP contribution in [0.15, 0.2) is 41.0 Å². The fourth-order valence-corrected chi connectivity index (χ4v) is 2.66. The highest BCUT2D eigenvalue weighted by molar-refractivity contribution is 6.05. The molecule has 4 heteroatoms. The van der Waals surface area contributed by atoms with Gasteiger partial charge < -0.3 is 0 Å². The van der Waals surface area contributed by atoms with Crippen molar-refractivity contribution in [2.45, 2.75) is 27.2 Å². The lowest BCUT2D eigenvalue weighted by molar-refractivity contribution is -0.384. The third kappa shape index (κ3) is 2.69. The molecule has 104 valence electrons. The van der Waals surface area contributed by atoms with E-state index in [2.05, 4.69) is 0 Å². The summed E-state index contributed by atoms with van der Waals surface area (Å²) in [5, 5.41) is 10.6. The summed E-state index contributed by atoms with van der Waals surface area (Å²) in [4.78, 5) is 22.3. The van der Waals surface area contributed by atoms with E-state index in [1.807, 2.05) is 26.8 Å². The van der Waals surface area contributed by atoms with Gasteiger partial charge in [0.2, 0.25) is 0 Å². The molecular weight excluding hydrogens is 254 g/mol. The molecule has 0 heterocycles. The van der Waals surface area contributed by atoms with E-state index in [4.69, 9.17) is 0 Å². The van der Waals surface area contributed by atoms with Gasteiger partial charge in [0, 0.05) is 23.6 Å². The van der Waals surface area contributed by atoms with Gasteiger partial charge in [-0.2, -0.15) is 0 Å². The molecule has 0 fully saturated rings. The number of hydrogen-bond donors (Lipinski definition) is 0. The molecular formula is C16H17NO3. The fraction of sp³-hybridized carbons (Fsp3) is 0.312. The number of allylic oxidation sites excluding steroid dienone is 3. The Bertz CT molecular complexity index is 624. The van der Waals surface area contributed by atoms with Crippen molar-refractivity contribution < 1.29 is 9.72 Å². The minimum absolute atomic E-state index is 0.0604. The number of ketones is 1. The lowest BCUT2D eigenvalue weighted by atomic mass is 9.99. The average molecular weight is 271 g/mol. The van der Waals surface area contributed by atoms with Crippen LogP contribution in [0.4, 0.5) is 5.69 Å². The highest BCUT2D eigenvalue weighted by atomic mass is 16.6. The van der Waals surface area contributed by atoms with Crippen LogP contribution in [0, 0.1) is 16.0 Å². The zero-order valence-electron chi connectivity index (χ0n) is 11.8. The van der Waals surface area contributed by atoms with Crippen molar-refractivity contribution in [1.29, 1.82) is 0 Å². The van der Waals surface area contributed by atoms with Crippen LogP contribution < -0.4 is 0 Å². The van der Waals surface area contributed by atoms with Gasteiger partial charge in [-0.15, -0.1) is 0 Å². The van der Waals surface area contributed by atoms with E-state index >= 15 is 0 Å². The van der Waals surface area contributed by atoms with E-state index in [9.17, 15) is 14.9 Å². The summed E-state index contributed by atoms with van der Waals surface area (Å²) in [6.45, 7) is 5.85. The van der Waals surface area contributed by atoms with Gasteiger partial charge in [-0.1, -0.05) is 18.6 Å². The molecule has 1 aromatic rings. The van der Waals surface area contributed by atoms with Gasteiger partial charge in [-0.25, -0.2) is 0 Å². The normalized spacial score (nSPS) is 19.6. The summed E-state index contributed by atoms with van der Waals surface area (Å²) < 4.78 is 0. The summed E-state index contributed by atoms with van der Waals surface area (Å²) in [7, 11) is 0. The molecule has 20 heavy (non-hydrogen) atoms. The van der Waals surface area contributed by atoms with E-state index in [0.29, 0.717) is 0 Å². The first kappa shape index (κ1) is 14.2. The number of nitrogens with zero attached hydrogens (tertiary/aromatic N) is 1. The summed E-state index contributed by atoms with van der Waals surface area (Å²) in [6.07, 6.45) is 2.72. The number of rotatable bonds is 3. The first-order valence-corrected chi connectivity index (χ1v) is 6.57. The van der Waals surface area contributed by atoms with Gasteiger partial charge in [0.15, 0.2) is 5.78 Å². The molecule has 0 aromatic heterocycles. The monoisotopic (exact) mass is 271 g/mol. The Labute approximate surface area is 118 Å². The van der Waals surface area contributed by atoms with Gasteiger partial charge in [0.1, 0.15) is 0 Å². The molecule has 2 rings (SSSR count). The molecule has 1 aromatic carbocycles. The van der Waals surface area contributed by atoms with E-state index < -0.39 is 4.92 Å². The zero-order valence-corrected chi connectivity index (χ0v) is 11.8. The Kier molecular flexibility index (Phi) is 3.84. The standard InChI is InChI=1S/C16H17NO3/c1-10-8-12(3)16(18)15(10)11(2)9-13-4-6-14(7-5-13)17(19)20/h4-7,9,12H,8H2,1-3H3/b11-9+/t12-/m1/s1. The van der Waals surface area contributed by atoms with Crippen molar-refractivity contribution in [3.63, 3.8) is 0 Å². The molecule has 1 atom stereocenters. The maximum atomic E-state index is 12.1. The zero-order chi connectivity index (χ0) is 14.9. The average Bonchev–Trinajstić information content (AvgIpc) is 2.63. The van der Waals surface area contributed by atoms with E-state index in [1.54, 1.807) is 12.1 Å². The van der Waals surface area contributed by atoms with Crippen molar-refractivity contribution in [2.75, 3.05) is 0 Å². The highest BCUT2D eigenvalue weighted by Gasteiger charge is 2.28. The second-order valence-corrected chi connectivity index (χ2v) is 5.30. The number of carbonyl (C=O) groups is 1. The third-order valence-electron chi connectivity index (χ3n) is 3.61. The molecule has 0 spiro atoms. The van der Waals surface area contributed by atoms with Gasteiger partial charge in [-0.3, -0.25) is 14.9 Å². The second-order valence-electron chi connectivity index (χ2n) is 5.30. The molecule has 1 aliphatic carbocycles.